The molecule has 1 heterocycles. The standard InChI is InChI=1S/C28H21ClN2O4/c29-21-7-3-5-19(16-21)17-35-28(32)26-23-8-1-2-10-25(23)30-27-20(6-4-9-24(26)27)15-18-11-13-22(14-12-18)31(33)34/h1-3,5,7-8,10-16H,4,6,9,17H2/b20-15+. The Morgan fingerprint density at radius 2 is 1.86 bits per heavy atom. The molecule has 1 aliphatic carbocycles. The maximum Gasteiger partial charge on any atom is 0.339 e. The zero-order chi connectivity index (χ0) is 24.4. The number of ether oxygens (including phenoxy) is 1. The van der Waals surface area contributed by atoms with Gasteiger partial charge in [-0.05, 0) is 77.9 Å². The number of nitro benzene ring substituents is 1. The highest BCUT2D eigenvalue weighted by Crippen LogP contribution is 2.36. The summed E-state index contributed by atoms with van der Waals surface area (Å²) < 4.78 is 5.72. The Morgan fingerprint density at radius 1 is 1.06 bits per heavy atom. The molecule has 0 fully saturated rings. The number of para-hydroxylation sites is 1. The lowest BCUT2D eigenvalue weighted by atomic mass is 9.86. The summed E-state index contributed by atoms with van der Waals surface area (Å²) in [5.74, 6) is -0.392. The van der Waals surface area contributed by atoms with Crippen molar-refractivity contribution in [2.75, 3.05) is 0 Å². The second-order valence-corrected chi connectivity index (χ2v) is 8.85. The van der Waals surface area contributed by atoms with Crippen molar-refractivity contribution in [3.05, 3.63) is 116 Å². The molecule has 4 aromatic rings. The number of benzene rings is 3. The summed E-state index contributed by atoms with van der Waals surface area (Å²) in [4.78, 5) is 28.9. The fourth-order valence-electron chi connectivity index (χ4n) is 4.45. The Balaban J connectivity index is 1.55. The van der Waals surface area contributed by atoms with Gasteiger partial charge in [-0.25, -0.2) is 9.78 Å². The van der Waals surface area contributed by atoms with Crippen molar-refractivity contribution in [1.29, 1.82) is 0 Å². The van der Waals surface area contributed by atoms with E-state index in [2.05, 4.69) is 0 Å². The van der Waals surface area contributed by atoms with E-state index in [0.717, 1.165) is 51.7 Å². The zero-order valence-corrected chi connectivity index (χ0v) is 19.5. The van der Waals surface area contributed by atoms with Gasteiger partial charge >= 0.3 is 5.97 Å². The van der Waals surface area contributed by atoms with Gasteiger partial charge in [0.05, 0.1) is 21.7 Å². The van der Waals surface area contributed by atoms with Crippen LogP contribution in [0.4, 0.5) is 5.69 Å². The van der Waals surface area contributed by atoms with Gasteiger partial charge in [-0.15, -0.1) is 0 Å². The number of hydrogen-bond acceptors (Lipinski definition) is 5. The van der Waals surface area contributed by atoms with Gasteiger partial charge in [-0.1, -0.05) is 41.9 Å². The number of halogens is 1. The molecular weight excluding hydrogens is 464 g/mol. The molecule has 0 radical (unpaired) electrons. The Hall–Kier alpha value is -4.03. The van der Waals surface area contributed by atoms with Crippen LogP contribution in [0.25, 0.3) is 22.6 Å². The summed E-state index contributed by atoms with van der Waals surface area (Å²) in [5, 5.41) is 12.3. The van der Waals surface area contributed by atoms with E-state index in [0.29, 0.717) is 17.0 Å². The number of carbonyl (C=O) groups is 1. The highest BCUT2D eigenvalue weighted by Gasteiger charge is 2.26. The molecule has 0 bridgehead atoms. The highest BCUT2D eigenvalue weighted by molar-refractivity contribution is 6.30. The number of allylic oxidation sites excluding steroid dienone is 1. The second-order valence-electron chi connectivity index (χ2n) is 8.41. The first-order chi connectivity index (χ1) is 17.0. The third-order valence-corrected chi connectivity index (χ3v) is 6.31. The van der Waals surface area contributed by atoms with Crippen molar-refractivity contribution in [3.63, 3.8) is 0 Å². The lowest BCUT2D eigenvalue weighted by molar-refractivity contribution is -0.384. The number of nitrogens with zero attached hydrogens (tertiary/aromatic N) is 2. The van der Waals surface area contributed by atoms with E-state index in [4.69, 9.17) is 21.3 Å². The molecule has 0 amide bonds. The number of esters is 1. The smallest absolute Gasteiger partial charge is 0.339 e. The number of aromatic nitrogens is 1. The van der Waals surface area contributed by atoms with Gasteiger partial charge in [0.25, 0.3) is 5.69 Å². The van der Waals surface area contributed by atoms with E-state index in [1.54, 1.807) is 24.3 Å². The molecular formula is C28H21ClN2O4. The zero-order valence-electron chi connectivity index (χ0n) is 18.7. The lowest BCUT2D eigenvalue weighted by Crippen LogP contribution is -2.15. The monoisotopic (exact) mass is 484 g/mol. The number of pyridine rings is 1. The van der Waals surface area contributed by atoms with Crippen molar-refractivity contribution in [3.8, 4) is 0 Å². The van der Waals surface area contributed by atoms with E-state index < -0.39 is 10.9 Å². The van der Waals surface area contributed by atoms with Crippen molar-refractivity contribution >= 4 is 45.8 Å². The molecule has 0 saturated heterocycles. The van der Waals surface area contributed by atoms with Crippen LogP contribution < -0.4 is 0 Å². The molecule has 0 atom stereocenters. The molecule has 174 valence electrons. The normalized spacial score (nSPS) is 14.0. The van der Waals surface area contributed by atoms with Crippen molar-refractivity contribution in [2.24, 2.45) is 0 Å². The minimum Gasteiger partial charge on any atom is -0.457 e. The number of non-ortho nitro benzene ring substituents is 1. The van der Waals surface area contributed by atoms with Crippen molar-refractivity contribution in [1.82, 2.24) is 4.98 Å². The molecule has 1 aliphatic rings. The molecule has 1 aromatic heterocycles. The Morgan fingerprint density at radius 3 is 2.63 bits per heavy atom. The number of nitro groups is 1. The Labute approximate surface area is 207 Å². The van der Waals surface area contributed by atoms with Gasteiger partial charge in [0.2, 0.25) is 0 Å². The molecule has 5 rings (SSSR count). The van der Waals surface area contributed by atoms with Gasteiger partial charge in [0.1, 0.15) is 6.61 Å². The maximum absolute atomic E-state index is 13.4. The summed E-state index contributed by atoms with van der Waals surface area (Å²) in [6.45, 7) is 0.121. The van der Waals surface area contributed by atoms with Gasteiger partial charge in [0, 0.05) is 22.5 Å². The highest BCUT2D eigenvalue weighted by atomic mass is 35.5. The maximum atomic E-state index is 13.4. The number of hydrogen-bond donors (Lipinski definition) is 0. The molecule has 6 nitrogen and oxygen atoms in total. The van der Waals surface area contributed by atoms with E-state index in [1.807, 2.05) is 42.5 Å². The van der Waals surface area contributed by atoms with Crippen LogP contribution in [0.3, 0.4) is 0 Å². The predicted octanol–water partition coefficient (Wildman–Crippen LogP) is 7.03. The summed E-state index contributed by atoms with van der Waals surface area (Å²) in [5.41, 5.74) is 5.62. The number of rotatable bonds is 5. The van der Waals surface area contributed by atoms with Crippen LogP contribution in [0.1, 0.15) is 45.6 Å². The van der Waals surface area contributed by atoms with Crippen LogP contribution in [0.5, 0.6) is 0 Å². The minimum atomic E-state index is -0.415. The van der Waals surface area contributed by atoms with Gasteiger partial charge in [-0.3, -0.25) is 10.1 Å². The van der Waals surface area contributed by atoms with E-state index in [1.165, 1.54) is 12.1 Å². The largest absolute Gasteiger partial charge is 0.457 e. The topological polar surface area (TPSA) is 82.3 Å². The van der Waals surface area contributed by atoms with E-state index in [9.17, 15) is 14.9 Å². The molecule has 35 heavy (non-hydrogen) atoms. The Kier molecular flexibility index (Phi) is 6.29. The third-order valence-electron chi connectivity index (χ3n) is 6.08. The fraction of sp³-hybridized carbons (Fsp3) is 0.143. The van der Waals surface area contributed by atoms with Crippen LogP contribution >= 0.6 is 11.6 Å². The third kappa shape index (κ3) is 4.79. The van der Waals surface area contributed by atoms with Crippen LogP contribution in [-0.4, -0.2) is 15.9 Å². The van der Waals surface area contributed by atoms with Gasteiger partial charge in [0.15, 0.2) is 0 Å². The first-order valence-electron chi connectivity index (χ1n) is 11.3. The summed E-state index contributed by atoms with van der Waals surface area (Å²) in [7, 11) is 0. The summed E-state index contributed by atoms with van der Waals surface area (Å²) in [6, 6.07) is 21.2. The predicted molar refractivity (Wildman–Crippen MR) is 136 cm³/mol. The molecule has 0 spiro atoms. The second kappa shape index (κ2) is 9.68. The van der Waals surface area contributed by atoms with E-state index in [-0.39, 0.29) is 12.3 Å². The molecule has 3 aromatic carbocycles. The van der Waals surface area contributed by atoms with Gasteiger partial charge < -0.3 is 4.74 Å². The van der Waals surface area contributed by atoms with Crippen molar-refractivity contribution < 1.29 is 14.5 Å². The van der Waals surface area contributed by atoms with Crippen LogP contribution in [-0.2, 0) is 17.8 Å². The number of fused-ring (bicyclic) bond motifs is 2. The quantitative estimate of drug-likeness (QED) is 0.172. The van der Waals surface area contributed by atoms with Gasteiger partial charge in [-0.2, -0.15) is 0 Å². The molecule has 0 N–H and O–H groups in total. The molecule has 0 aliphatic heterocycles. The Bertz CT molecular complexity index is 1480. The van der Waals surface area contributed by atoms with Crippen LogP contribution in [0, 0.1) is 10.1 Å². The molecule has 0 saturated carbocycles. The van der Waals surface area contributed by atoms with Crippen molar-refractivity contribution in [2.45, 2.75) is 25.9 Å². The average Bonchev–Trinajstić information content (AvgIpc) is 2.86. The first-order valence-corrected chi connectivity index (χ1v) is 11.7. The van der Waals surface area contributed by atoms with Crippen LogP contribution in [0.2, 0.25) is 5.02 Å². The first kappa shape index (κ1) is 22.7. The lowest BCUT2D eigenvalue weighted by Gasteiger charge is -2.22. The summed E-state index contributed by atoms with van der Waals surface area (Å²) >= 11 is 6.07. The van der Waals surface area contributed by atoms with E-state index >= 15 is 0 Å². The fourth-order valence-corrected chi connectivity index (χ4v) is 4.66. The minimum absolute atomic E-state index is 0.0463. The SMILES string of the molecule is O=C(OCc1cccc(Cl)c1)c1c2c(nc3ccccc13)/C(=C/c1ccc([N+](=O)[O-])cc1)CCC2. The number of carbonyl (C=O) groups excluding carboxylic acids is 1. The average molecular weight is 485 g/mol. The summed E-state index contributed by atoms with van der Waals surface area (Å²) in [6.07, 6.45) is 4.36. The van der Waals surface area contributed by atoms with Crippen LogP contribution in [0.15, 0.2) is 72.8 Å². The molecule has 7 heteroatoms. The molecule has 0 unspecified atom stereocenters.